The maximum Gasteiger partial charge on any atom is 0.341 e. The van der Waals surface area contributed by atoms with Crippen molar-refractivity contribution < 1.29 is 18.3 Å². The van der Waals surface area contributed by atoms with Gasteiger partial charge < -0.3 is 4.74 Å². The van der Waals surface area contributed by atoms with Crippen molar-refractivity contribution in [2.45, 2.75) is 39.5 Å². The van der Waals surface area contributed by atoms with Gasteiger partial charge in [0.25, 0.3) is 6.43 Å². The van der Waals surface area contributed by atoms with Gasteiger partial charge in [-0.3, -0.25) is 0 Å². The predicted octanol–water partition coefficient (Wildman–Crippen LogP) is 2.93. The van der Waals surface area contributed by atoms with Gasteiger partial charge in [-0.15, -0.1) is 0 Å². The molecule has 0 saturated heterocycles. The molecule has 0 aromatic carbocycles. The summed E-state index contributed by atoms with van der Waals surface area (Å²) in [6.07, 6.45) is 0.582. The fourth-order valence-corrected chi connectivity index (χ4v) is 1.42. The Morgan fingerprint density at radius 3 is 2.72 bits per heavy atom. The highest BCUT2D eigenvalue weighted by Gasteiger charge is 2.22. The molecule has 0 atom stereocenters. The monoisotopic (exact) mass is 258 g/mol. The summed E-state index contributed by atoms with van der Waals surface area (Å²) < 4.78 is 30.4. The number of aromatic nitrogens is 2. The minimum Gasteiger partial charge on any atom is -0.462 e. The zero-order valence-corrected chi connectivity index (χ0v) is 10.4. The number of halogens is 2. The molecule has 0 spiro atoms. The number of aryl methyl sites for hydroxylation is 1. The summed E-state index contributed by atoms with van der Waals surface area (Å²) in [7, 11) is 0. The van der Waals surface area contributed by atoms with Crippen LogP contribution in [0.3, 0.4) is 0 Å². The predicted molar refractivity (Wildman–Crippen MR) is 61.6 cm³/mol. The molecule has 0 fully saturated rings. The Balaban J connectivity index is 3.00. The Kier molecular flexibility index (Phi) is 5.61. The lowest BCUT2D eigenvalue weighted by molar-refractivity contribution is 0.0512. The average molecular weight is 258 g/mol. The zero-order chi connectivity index (χ0) is 13.5. The Morgan fingerprint density at radius 1 is 1.44 bits per heavy atom. The van der Waals surface area contributed by atoms with Crippen LogP contribution < -0.4 is 0 Å². The molecule has 4 nitrogen and oxygen atoms in total. The third-order valence-electron chi connectivity index (χ3n) is 2.32. The van der Waals surface area contributed by atoms with Crippen molar-refractivity contribution in [1.29, 1.82) is 0 Å². The second-order valence-electron chi connectivity index (χ2n) is 3.71. The normalized spacial score (nSPS) is 10.7. The van der Waals surface area contributed by atoms with Gasteiger partial charge in [-0.25, -0.2) is 23.5 Å². The number of esters is 1. The van der Waals surface area contributed by atoms with Gasteiger partial charge in [-0.2, -0.15) is 0 Å². The van der Waals surface area contributed by atoms with Gasteiger partial charge in [0.2, 0.25) is 0 Å². The summed E-state index contributed by atoms with van der Waals surface area (Å²) in [6, 6.07) is 0. The molecule has 1 heterocycles. The number of hydrogen-bond acceptors (Lipinski definition) is 4. The first-order valence-electron chi connectivity index (χ1n) is 5.91. The van der Waals surface area contributed by atoms with Crippen molar-refractivity contribution in [3.63, 3.8) is 0 Å². The number of unbranched alkanes of at least 4 members (excludes halogenated alkanes) is 1. The Labute approximate surface area is 104 Å². The molecule has 0 saturated carbocycles. The summed E-state index contributed by atoms with van der Waals surface area (Å²) in [4.78, 5) is 19.1. The molecule has 0 bridgehead atoms. The Bertz CT molecular complexity index is 411. The van der Waals surface area contributed by atoms with Crippen LogP contribution in [0.2, 0.25) is 0 Å². The van der Waals surface area contributed by atoms with E-state index in [9.17, 15) is 13.6 Å². The van der Waals surface area contributed by atoms with E-state index in [-0.39, 0.29) is 12.2 Å². The number of rotatable bonds is 6. The lowest BCUT2D eigenvalue weighted by Gasteiger charge is -2.08. The smallest absolute Gasteiger partial charge is 0.341 e. The highest BCUT2D eigenvalue weighted by Crippen LogP contribution is 2.21. The first kappa shape index (κ1) is 14.5. The summed E-state index contributed by atoms with van der Waals surface area (Å²) >= 11 is 0. The van der Waals surface area contributed by atoms with E-state index in [2.05, 4.69) is 14.7 Å². The Hall–Kier alpha value is -1.59. The molecule has 1 aromatic rings. The van der Waals surface area contributed by atoms with Crippen molar-refractivity contribution in [3.8, 4) is 0 Å². The highest BCUT2D eigenvalue weighted by atomic mass is 19.3. The molecular weight excluding hydrogens is 242 g/mol. The quantitative estimate of drug-likeness (QED) is 0.736. The fourth-order valence-electron chi connectivity index (χ4n) is 1.42. The Morgan fingerprint density at radius 2 is 2.17 bits per heavy atom. The highest BCUT2D eigenvalue weighted by molar-refractivity contribution is 5.90. The van der Waals surface area contributed by atoms with Crippen molar-refractivity contribution >= 4 is 5.97 Å². The van der Waals surface area contributed by atoms with Gasteiger partial charge in [0.1, 0.15) is 17.1 Å². The minimum atomic E-state index is -2.81. The van der Waals surface area contributed by atoms with Crippen molar-refractivity contribution in [3.05, 3.63) is 23.3 Å². The molecule has 0 N–H and O–H groups in total. The minimum absolute atomic E-state index is 0.124. The van der Waals surface area contributed by atoms with Crippen LogP contribution in [0.5, 0.6) is 0 Å². The van der Waals surface area contributed by atoms with Crippen LogP contribution in [0.15, 0.2) is 6.20 Å². The molecular formula is C12H16F2N2O2. The summed E-state index contributed by atoms with van der Waals surface area (Å²) in [5, 5.41) is 0. The maximum absolute atomic E-state index is 12.8. The number of nitrogens with zero attached hydrogens (tertiary/aromatic N) is 2. The van der Waals surface area contributed by atoms with E-state index >= 15 is 0 Å². The second kappa shape index (κ2) is 6.98. The molecule has 1 aromatic heterocycles. The molecule has 0 aliphatic heterocycles. The molecule has 0 aliphatic rings. The van der Waals surface area contributed by atoms with Crippen LogP contribution in [-0.2, 0) is 11.2 Å². The van der Waals surface area contributed by atoms with Crippen LogP contribution in [0, 0.1) is 0 Å². The molecule has 0 amide bonds. The average Bonchev–Trinajstić information content (AvgIpc) is 2.36. The fraction of sp³-hybridized carbons (Fsp3) is 0.583. The third kappa shape index (κ3) is 3.72. The van der Waals surface area contributed by atoms with E-state index in [0.29, 0.717) is 12.2 Å². The van der Waals surface area contributed by atoms with Gasteiger partial charge in [0.15, 0.2) is 0 Å². The zero-order valence-electron chi connectivity index (χ0n) is 10.4. The van der Waals surface area contributed by atoms with Gasteiger partial charge in [0, 0.05) is 12.6 Å². The molecule has 0 radical (unpaired) electrons. The molecule has 0 unspecified atom stereocenters. The molecule has 18 heavy (non-hydrogen) atoms. The summed E-state index contributed by atoms with van der Waals surface area (Å²) in [5.74, 6) is -0.477. The summed E-state index contributed by atoms with van der Waals surface area (Å²) in [6.45, 7) is 3.72. The van der Waals surface area contributed by atoms with Crippen molar-refractivity contribution in [2.75, 3.05) is 6.61 Å². The van der Waals surface area contributed by atoms with Gasteiger partial charge in [-0.1, -0.05) is 13.3 Å². The van der Waals surface area contributed by atoms with Crippen LogP contribution in [0.1, 0.15) is 55.0 Å². The van der Waals surface area contributed by atoms with Crippen molar-refractivity contribution in [1.82, 2.24) is 9.97 Å². The number of ether oxygens (including phenoxy) is 1. The molecule has 1 rings (SSSR count). The lowest BCUT2D eigenvalue weighted by Crippen LogP contribution is -2.12. The third-order valence-corrected chi connectivity index (χ3v) is 2.32. The van der Waals surface area contributed by atoms with Crippen LogP contribution in [-0.4, -0.2) is 22.5 Å². The van der Waals surface area contributed by atoms with Crippen LogP contribution in [0.25, 0.3) is 0 Å². The SMILES string of the molecule is CCCCc1ncc(C(=O)OCC)c(C(F)F)n1. The van der Waals surface area contributed by atoms with E-state index in [0.717, 1.165) is 19.0 Å². The number of carbonyl (C=O) groups excluding carboxylic acids is 1. The van der Waals surface area contributed by atoms with Gasteiger partial charge in [0.05, 0.1) is 6.61 Å². The van der Waals surface area contributed by atoms with E-state index in [1.807, 2.05) is 6.92 Å². The van der Waals surface area contributed by atoms with E-state index in [4.69, 9.17) is 0 Å². The van der Waals surface area contributed by atoms with Crippen LogP contribution >= 0.6 is 0 Å². The van der Waals surface area contributed by atoms with Crippen LogP contribution in [0.4, 0.5) is 8.78 Å². The molecule has 100 valence electrons. The van der Waals surface area contributed by atoms with E-state index < -0.39 is 18.1 Å². The second-order valence-corrected chi connectivity index (χ2v) is 3.71. The number of alkyl halides is 2. The van der Waals surface area contributed by atoms with Gasteiger partial charge in [-0.05, 0) is 13.3 Å². The van der Waals surface area contributed by atoms with Crippen molar-refractivity contribution in [2.24, 2.45) is 0 Å². The van der Waals surface area contributed by atoms with E-state index in [1.54, 1.807) is 6.92 Å². The number of hydrogen-bond donors (Lipinski definition) is 0. The molecule has 0 aliphatic carbocycles. The topological polar surface area (TPSA) is 52.1 Å². The first-order valence-corrected chi connectivity index (χ1v) is 5.91. The molecule has 6 heteroatoms. The lowest BCUT2D eigenvalue weighted by atomic mass is 10.2. The number of carbonyl (C=O) groups is 1. The largest absolute Gasteiger partial charge is 0.462 e. The first-order chi connectivity index (χ1) is 8.60. The van der Waals surface area contributed by atoms with E-state index in [1.165, 1.54) is 0 Å². The maximum atomic E-state index is 12.8. The summed E-state index contributed by atoms with van der Waals surface area (Å²) in [5.41, 5.74) is -0.804. The van der Waals surface area contributed by atoms with Gasteiger partial charge >= 0.3 is 5.97 Å². The standard InChI is InChI=1S/C12H16F2N2O2/c1-3-5-6-9-15-7-8(12(17)18-4-2)10(16-9)11(13)14/h7,11H,3-6H2,1-2H3.